The van der Waals surface area contributed by atoms with Crippen LogP contribution >= 0.6 is 23.1 Å². The number of thioether (sulfide) groups is 1. The summed E-state index contributed by atoms with van der Waals surface area (Å²) in [5.74, 6) is -2.18. The van der Waals surface area contributed by atoms with Gasteiger partial charge in [-0.3, -0.25) is 29.3 Å². The number of nitrogens with zero attached hydrogens (tertiary/aromatic N) is 2. The fourth-order valence-electron chi connectivity index (χ4n) is 5.11. The lowest BCUT2D eigenvalue weighted by Gasteiger charge is -2.29. The number of nitro groups is 1. The molecule has 1 aromatic heterocycles. The molecule has 2 N–H and O–H groups in total. The Bertz CT molecular complexity index is 1770. The Hall–Kier alpha value is -4.75. The van der Waals surface area contributed by atoms with E-state index >= 15 is 0 Å². The van der Waals surface area contributed by atoms with Crippen molar-refractivity contribution < 1.29 is 24.0 Å². The number of amides is 3. The number of aromatic amines is 1. The Morgan fingerprint density at radius 3 is 2.36 bits per heavy atom. The number of anilines is 2. The second kappa shape index (κ2) is 10.9. The first-order valence-electron chi connectivity index (χ1n) is 12.8. The van der Waals surface area contributed by atoms with Crippen molar-refractivity contribution in [1.29, 1.82) is 0 Å². The second-order valence-electron chi connectivity index (χ2n) is 9.81. The lowest BCUT2D eigenvalue weighted by Crippen LogP contribution is -2.32. The van der Waals surface area contributed by atoms with Gasteiger partial charge in [-0.25, -0.2) is 4.90 Å². The van der Waals surface area contributed by atoms with Gasteiger partial charge in [0.2, 0.25) is 11.8 Å². The minimum Gasteiger partial charge on any atom is -0.484 e. The number of carbonyl (C=O) groups is 3. The fourth-order valence-corrected chi connectivity index (χ4v) is 7.62. The number of H-pyrrole nitrogens is 1. The molecule has 3 atom stereocenters. The number of carbonyl (C=O) groups excluding carboxylic acids is 3. The Morgan fingerprint density at radius 2 is 1.69 bits per heavy atom. The number of aromatic nitrogens is 1. The van der Waals surface area contributed by atoms with Crippen molar-refractivity contribution >= 4 is 57.9 Å². The number of thiazole rings is 1. The number of imide groups is 1. The summed E-state index contributed by atoms with van der Waals surface area (Å²) < 4.78 is 5.66. The summed E-state index contributed by atoms with van der Waals surface area (Å²) in [6.07, 6.45) is 0. The van der Waals surface area contributed by atoms with Crippen LogP contribution in [0.25, 0.3) is 0 Å². The van der Waals surface area contributed by atoms with Crippen LogP contribution in [-0.4, -0.2) is 39.5 Å². The van der Waals surface area contributed by atoms with Gasteiger partial charge in [-0.15, -0.1) is 0 Å². The van der Waals surface area contributed by atoms with Gasteiger partial charge in [0.05, 0.1) is 21.6 Å². The van der Waals surface area contributed by atoms with Gasteiger partial charge in [-0.05, 0) is 48.9 Å². The Kier molecular flexibility index (Phi) is 7.12. The molecule has 4 aromatic rings. The van der Waals surface area contributed by atoms with Gasteiger partial charge in [0, 0.05) is 28.6 Å². The highest BCUT2D eigenvalue weighted by atomic mass is 32.2. The monoisotopic (exact) mass is 602 g/mol. The van der Waals surface area contributed by atoms with Crippen molar-refractivity contribution in [3.63, 3.8) is 0 Å². The Balaban J connectivity index is 1.24. The van der Waals surface area contributed by atoms with Crippen molar-refractivity contribution in [1.82, 2.24) is 4.98 Å². The number of hydrogen-bond acceptors (Lipinski definition) is 9. The van der Waals surface area contributed by atoms with E-state index in [1.807, 2.05) is 19.1 Å². The maximum Gasteiger partial charge on any atom is 0.305 e. The van der Waals surface area contributed by atoms with Gasteiger partial charge < -0.3 is 15.0 Å². The average molecular weight is 603 g/mol. The molecule has 0 unspecified atom stereocenters. The van der Waals surface area contributed by atoms with Crippen LogP contribution in [0.4, 0.5) is 17.1 Å². The zero-order chi connectivity index (χ0) is 29.5. The molecule has 0 spiro atoms. The summed E-state index contributed by atoms with van der Waals surface area (Å²) in [5, 5.41) is 13.6. The maximum absolute atomic E-state index is 13.8. The zero-order valence-electron chi connectivity index (χ0n) is 21.9. The number of fused-ring (bicyclic) bond motifs is 2. The number of rotatable bonds is 7. The topological polar surface area (TPSA) is 152 Å². The van der Waals surface area contributed by atoms with E-state index < -0.39 is 33.8 Å². The van der Waals surface area contributed by atoms with Crippen molar-refractivity contribution in [3.8, 4) is 5.75 Å². The Morgan fingerprint density at radius 1 is 1.00 bits per heavy atom. The third-order valence-electron chi connectivity index (χ3n) is 7.09. The van der Waals surface area contributed by atoms with E-state index in [-0.39, 0.29) is 28.8 Å². The highest BCUT2D eigenvalue weighted by Crippen LogP contribution is 2.53. The van der Waals surface area contributed by atoms with E-state index in [1.54, 1.807) is 36.4 Å². The standard InChI is InChI=1S/C29H22N4O7S2/c1-15-2-6-17(7-3-15)30-21(34)14-40-20-12-4-16(5-13-20)22-23-25(41-26-24(22)42-29(37)31-26)28(36)32(27(23)35)18-8-10-19(11-9-18)33(38)39/h2-13,22-23,25H,14H2,1H3,(H,30,34)(H,31,37)/t22-,23-,25+/m0/s1. The largest absolute Gasteiger partial charge is 0.484 e. The van der Waals surface area contributed by atoms with Crippen LogP contribution in [0.15, 0.2) is 82.6 Å². The maximum atomic E-state index is 13.8. The molecule has 3 aromatic carbocycles. The molecule has 0 radical (unpaired) electrons. The first kappa shape index (κ1) is 27.4. The molecule has 1 fully saturated rings. The van der Waals surface area contributed by atoms with Crippen LogP contribution in [0.1, 0.15) is 21.9 Å². The van der Waals surface area contributed by atoms with Gasteiger partial charge in [0.25, 0.3) is 11.6 Å². The van der Waals surface area contributed by atoms with Crippen LogP contribution in [-0.2, 0) is 14.4 Å². The quantitative estimate of drug-likeness (QED) is 0.179. The van der Waals surface area contributed by atoms with Crippen molar-refractivity contribution in [2.24, 2.45) is 5.92 Å². The zero-order valence-corrected chi connectivity index (χ0v) is 23.6. The lowest BCUT2D eigenvalue weighted by molar-refractivity contribution is -0.384. The van der Waals surface area contributed by atoms with E-state index in [0.29, 0.717) is 26.9 Å². The predicted molar refractivity (Wildman–Crippen MR) is 157 cm³/mol. The lowest BCUT2D eigenvalue weighted by atomic mass is 9.83. The number of ether oxygens (including phenoxy) is 1. The molecule has 11 nitrogen and oxygen atoms in total. The molecule has 212 valence electrons. The summed E-state index contributed by atoms with van der Waals surface area (Å²) >= 11 is 2.14. The van der Waals surface area contributed by atoms with Crippen LogP contribution in [0, 0.1) is 23.0 Å². The molecule has 3 amide bonds. The number of aryl methyl sites for hydroxylation is 1. The van der Waals surface area contributed by atoms with Gasteiger partial charge >= 0.3 is 4.87 Å². The molecule has 0 aliphatic carbocycles. The van der Waals surface area contributed by atoms with Crippen molar-refractivity contribution in [2.45, 2.75) is 23.1 Å². The first-order valence-corrected chi connectivity index (χ1v) is 14.5. The third kappa shape index (κ3) is 5.08. The van der Waals surface area contributed by atoms with Crippen molar-refractivity contribution in [2.75, 3.05) is 16.8 Å². The number of nitro benzene ring substituents is 1. The van der Waals surface area contributed by atoms with E-state index in [0.717, 1.165) is 33.6 Å². The fraction of sp³-hybridized carbons (Fsp3) is 0.172. The van der Waals surface area contributed by atoms with Crippen LogP contribution in [0.5, 0.6) is 5.75 Å². The average Bonchev–Trinajstić information content (AvgIpc) is 3.47. The number of non-ortho nitro benzene ring substituents is 1. The van der Waals surface area contributed by atoms with Gasteiger partial charge in [0.15, 0.2) is 6.61 Å². The van der Waals surface area contributed by atoms with Gasteiger partial charge in [-0.1, -0.05) is 52.9 Å². The highest BCUT2D eigenvalue weighted by Gasteiger charge is 2.56. The van der Waals surface area contributed by atoms with E-state index in [2.05, 4.69) is 10.3 Å². The molecule has 2 aliphatic rings. The van der Waals surface area contributed by atoms with Crippen LogP contribution in [0.3, 0.4) is 0 Å². The van der Waals surface area contributed by atoms with Gasteiger partial charge in [-0.2, -0.15) is 0 Å². The molecule has 3 heterocycles. The molecule has 1 saturated heterocycles. The number of nitrogens with one attached hydrogen (secondary N) is 2. The summed E-state index contributed by atoms with van der Waals surface area (Å²) in [6.45, 7) is 1.75. The van der Waals surface area contributed by atoms with Crippen LogP contribution in [0.2, 0.25) is 0 Å². The molecule has 42 heavy (non-hydrogen) atoms. The SMILES string of the molecule is Cc1ccc(NC(=O)COc2ccc([C@@H]3c4sc(=O)[nH]c4S[C@H]4C(=O)N(c5ccc([N+](=O)[O-])cc5)C(=O)[C@@H]34)cc2)cc1. The number of hydrogen-bond donors (Lipinski definition) is 2. The molecular formula is C29H22N4O7S2. The van der Waals surface area contributed by atoms with E-state index in [1.165, 1.54) is 24.3 Å². The van der Waals surface area contributed by atoms with Crippen LogP contribution < -0.4 is 19.8 Å². The second-order valence-corrected chi connectivity index (χ2v) is 12.0. The third-order valence-corrected chi connectivity index (χ3v) is 9.49. The summed E-state index contributed by atoms with van der Waals surface area (Å²) in [4.78, 5) is 66.7. The van der Waals surface area contributed by atoms with Crippen molar-refractivity contribution in [3.05, 3.63) is 109 Å². The van der Waals surface area contributed by atoms with Gasteiger partial charge in [0.1, 0.15) is 11.0 Å². The molecule has 2 aliphatic heterocycles. The molecule has 0 bridgehead atoms. The Labute approximate surface area is 246 Å². The molecule has 13 heteroatoms. The summed E-state index contributed by atoms with van der Waals surface area (Å²) in [5.41, 5.74) is 2.53. The first-order chi connectivity index (χ1) is 20.2. The smallest absolute Gasteiger partial charge is 0.305 e. The summed E-state index contributed by atoms with van der Waals surface area (Å²) in [6, 6.07) is 19.5. The minimum atomic E-state index is -0.802. The minimum absolute atomic E-state index is 0.155. The summed E-state index contributed by atoms with van der Waals surface area (Å²) in [7, 11) is 0. The predicted octanol–water partition coefficient (Wildman–Crippen LogP) is 4.47. The molecular weight excluding hydrogens is 580 g/mol. The molecule has 0 saturated carbocycles. The van der Waals surface area contributed by atoms with E-state index in [4.69, 9.17) is 4.74 Å². The highest BCUT2D eigenvalue weighted by molar-refractivity contribution is 8.00. The normalized spacial score (nSPS) is 19.3. The van der Waals surface area contributed by atoms with E-state index in [9.17, 15) is 29.3 Å². The molecule has 6 rings (SSSR count). The number of benzene rings is 3.